The Morgan fingerprint density at radius 1 is 1.10 bits per heavy atom. The Hall–Kier alpha value is -3.12. The summed E-state index contributed by atoms with van der Waals surface area (Å²) >= 11 is 0. The molecule has 4 aromatic rings. The van der Waals surface area contributed by atoms with Crippen molar-refractivity contribution in [3.63, 3.8) is 0 Å². The van der Waals surface area contributed by atoms with Gasteiger partial charge in [-0.05, 0) is 78.9 Å². The molecule has 1 fully saturated rings. The largest absolute Gasteiger partial charge is 0.493 e. The van der Waals surface area contributed by atoms with E-state index in [9.17, 15) is 4.39 Å². The van der Waals surface area contributed by atoms with Crippen LogP contribution < -0.4 is 4.74 Å². The molecule has 6 heteroatoms. The van der Waals surface area contributed by atoms with Crippen molar-refractivity contribution in [2.45, 2.75) is 31.8 Å². The highest BCUT2D eigenvalue weighted by Crippen LogP contribution is 2.32. The SMILES string of the molecule is Fc1ccc(OCCc2cc(C3CCCN3Cc3ccc4[nH]ccc4c3)n[nH]2)cc1. The predicted octanol–water partition coefficient (Wildman–Crippen LogP) is 4.99. The first-order chi connectivity index (χ1) is 14.7. The van der Waals surface area contributed by atoms with Crippen LogP contribution in [-0.2, 0) is 13.0 Å². The van der Waals surface area contributed by atoms with Crippen LogP contribution in [0.25, 0.3) is 10.9 Å². The molecule has 1 aliphatic rings. The molecule has 0 spiro atoms. The van der Waals surface area contributed by atoms with E-state index in [4.69, 9.17) is 4.74 Å². The van der Waals surface area contributed by atoms with Crippen LogP contribution in [0.1, 0.15) is 35.8 Å². The van der Waals surface area contributed by atoms with Gasteiger partial charge in [0, 0.05) is 30.4 Å². The van der Waals surface area contributed by atoms with Crippen LogP contribution in [-0.4, -0.2) is 33.2 Å². The third kappa shape index (κ3) is 4.09. The Kier molecular flexibility index (Phi) is 5.24. The fourth-order valence-corrected chi connectivity index (χ4v) is 4.27. The molecule has 3 heterocycles. The number of aromatic nitrogens is 3. The zero-order valence-electron chi connectivity index (χ0n) is 16.8. The van der Waals surface area contributed by atoms with Gasteiger partial charge in [-0.25, -0.2) is 4.39 Å². The van der Waals surface area contributed by atoms with Gasteiger partial charge in [-0.3, -0.25) is 10.00 Å². The highest BCUT2D eigenvalue weighted by atomic mass is 19.1. The Morgan fingerprint density at radius 2 is 2.00 bits per heavy atom. The van der Waals surface area contributed by atoms with Crippen molar-refractivity contribution in [3.05, 3.63) is 83.6 Å². The van der Waals surface area contributed by atoms with Crippen LogP contribution in [0.3, 0.4) is 0 Å². The lowest BCUT2D eigenvalue weighted by Gasteiger charge is -2.23. The number of H-pyrrole nitrogens is 2. The quantitative estimate of drug-likeness (QED) is 0.456. The lowest BCUT2D eigenvalue weighted by molar-refractivity contribution is 0.244. The van der Waals surface area contributed by atoms with Gasteiger partial charge in [-0.15, -0.1) is 0 Å². The zero-order valence-corrected chi connectivity index (χ0v) is 16.8. The number of ether oxygens (including phenoxy) is 1. The molecule has 1 aliphatic heterocycles. The Labute approximate surface area is 174 Å². The molecule has 0 amide bonds. The number of fused-ring (bicyclic) bond motifs is 1. The van der Waals surface area contributed by atoms with Gasteiger partial charge in [-0.1, -0.05) is 6.07 Å². The molecule has 1 saturated heterocycles. The number of aromatic amines is 2. The summed E-state index contributed by atoms with van der Waals surface area (Å²) in [6.07, 6.45) is 5.04. The van der Waals surface area contributed by atoms with Gasteiger partial charge in [0.05, 0.1) is 18.3 Å². The average Bonchev–Trinajstić information content (AvgIpc) is 3.50. The van der Waals surface area contributed by atoms with Crippen LogP contribution in [0.5, 0.6) is 5.75 Å². The van der Waals surface area contributed by atoms with Gasteiger partial charge in [0.1, 0.15) is 11.6 Å². The summed E-state index contributed by atoms with van der Waals surface area (Å²) in [5.41, 5.74) is 4.67. The first-order valence-electron chi connectivity index (χ1n) is 10.5. The molecule has 2 N–H and O–H groups in total. The summed E-state index contributed by atoms with van der Waals surface area (Å²) in [5.74, 6) is 0.423. The minimum atomic E-state index is -0.255. The second-order valence-corrected chi connectivity index (χ2v) is 7.90. The first-order valence-corrected chi connectivity index (χ1v) is 10.5. The van der Waals surface area contributed by atoms with E-state index in [0.717, 1.165) is 37.3 Å². The minimum absolute atomic E-state index is 0.255. The van der Waals surface area contributed by atoms with Crippen molar-refractivity contribution >= 4 is 10.9 Å². The number of hydrogen-bond donors (Lipinski definition) is 2. The lowest BCUT2D eigenvalue weighted by atomic mass is 10.1. The van der Waals surface area contributed by atoms with Crippen LogP contribution in [0.15, 0.2) is 60.8 Å². The fraction of sp³-hybridized carbons (Fsp3) is 0.292. The minimum Gasteiger partial charge on any atom is -0.493 e. The summed E-state index contributed by atoms with van der Waals surface area (Å²) in [4.78, 5) is 5.77. The second kappa shape index (κ2) is 8.32. The second-order valence-electron chi connectivity index (χ2n) is 7.90. The maximum atomic E-state index is 13.0. The molecule has 154 valence electrons. The Bertz CT molecular complexity index is 1120. The summed E-state index contributed by atoms with van der Waals surface area (Å²) in [5, 5.41) is 9.01. The topological polar surface area (TPSA) is 56.9 Å². The lowest BCUT2D eigenvalue weighted by Crippen LogP contribution is -2.23. The fourth-order valence-electron chi connectivity index (χ4n) is 4.27. The number of benzene rings is 2. The van der Waals surface area contributed by atoms with E-state index in [0.29, 0.717) is 18.4 Å². The van der Waals surface area contributed by atoms with Gasteiger partial charge in [-0.2, -0.15) is 5.10 Å². The Balaban J connectivity index is 1.20. The van der Waals surface area contributed by atoms with Crippen molar-refractivity contribution in [3.8, 4) is 5.75 Å². The van der Waals surface area contributed by atoms with Crippen molar-refractivity contribution < 1.29 is 9.13 Å². The van der Waals surface area contributed by atoms with E-state index < -0.39 is 0 Å². The van der Waals surface area contributed by atoms with Gasteiger partial charge >= 0.3 is 0 Å². The molecule has 0 aliphatic carbocycles. The number of nitrogens with one attached hydrogen (secondary N) is 2. The highest BCUT2D eigenvalue weighted by molar-refractivity contribution is 5.79. The smallest absolute Gasteiger partial charge is 0.123 e. The van der Waals surface area contributed by atoms with E-state index >= 15 is 0 Å². The average molecular weight is 404 g/mol. The van der Waals surface area contributed by atoms with Crippen molar-refractivity contribution in [1.82, 2.24) is 20.1 Å². The Morgan fingerprint density at radius 3 is 2.90 bits per heavy atom. The number of nitrogens with zero attached hydrogens (tertiary/aromatic N) is 2. The molecule has 5 nitrogen and oxygen atoms in total. The maximum Gasteiger partial charge on any atom is 0.123 e. The first kappa shape index (κ1) is 18.9. The third-order valence-corrected chi connectivity index (χ3v) is 5.81. The normalized spacial score (nSPS) is 17.0. The van der Waals surface area contributed by atoms with Crippen LogP contribution in [0.2, 0.25) is 0 Å². The number of rotatable bonds is 7. The molecule has 1 atom stereocenters. The summed E-state index contributed by atoms with van der Waals surface area (Å²) < 4.78 is 18.7. The molecule has 0 bridgehead atoms. The molecular formula is C24H25FN4O. The van der Waals surface area contributed by atoms with Gasteiger partial charge in [0.2, 0.25) is 0 Å². The van der Waals surface area contributed by atoms with Crippen LogP contribution in [0.4, 0.5) is 4.39 Å². The van der Waals surface area contributed by atoms with Crippen molar-refractivity contribution in [2.75, 3.05) is 13.2 Å². The molecule has 0 saturated carbocycles. The number of likely N-dealkylation sites (tertiary alicyclic amines) is 1. The van der Waals surface area contributed by atoms with E-state index in [1.54, 1.807) is 12.1 Å². The van der Waals surface area contributed by atoms with Crippen LogP contribution >= 0.6 is 0 Å². The summed E-state index contributed by atoms with van der Waals surface area (Å²) in [6.45, 7) is 2.55. The number of hydrogen-bond acceptors (Lipinski definition) is 3. The maximum absolute atomic E-state index is 13.0. The summed E-state index contributed by atoms with van der Waals surface area (Å²) in [7, 11) is 0. The molecule has 30 heavy (non-hydrogen) atoms. The van der Waals surface area contributed by atoms with E-state index in [1.165, 1.54) is 35.0 Å². The molecule has 1 unspecified atom stereocenters. The summed E-state index contributed by atoms with van der Waals surface area (Å²) in [6, 6.07) is 17.4. The zero-order chi connectivity index (χ0) is 20.3. The molecule has 0 radical (unpaired) electrons. The van der Waals surface area contributed by atoms with E-state index in [1.807, 2.05) is 6.20 Å². The van der Waals surface area contributed by atoms with Crippen molar-refractivity contribution in [2.24, 2.45) is 0 Å². The van der Waals surface area contributed by atoms with Gasteiger partial charge < -0.3 is 9.72 Å². The van der Waals surface area contributed by atoms with Crippen molar-refractivity contribution in [1.29, 1.82) is 0 Å². The molecule has 2 aromatic carbocycles. The molecular weight excluding hydrogens is 379 g/mol. The van der Waals surface area contributed by atoms with E-state index in [2.05, 4.69) is 50.4 Å². The van der Waals surface area contributed by atoms with Gasteiger partial charge in [0.25, 0.3) is 0 Å². The molecule has 2 aromatic heterocycles. The monoisotopic (exact) mass is 404 g/mol. The van der Waals surface area contributed by atoms with Crippen LogP contribution in [0, 0.1) is 5.82 Å². The number of halogens is 1. The third-order valence-electron chi connectivity index (χ3n) is 5.81. The molecule has 5 rings (SSSR count). The van der Waals surface area contributed by atoms with E-state index in [-0.39, 0.29) is 5.82 Å². The predicted molar refractivity (Wildman–Crippen MR) is 115 cm³/mol. The highest BCUT2D eigenvalue weighted by Gasteiger charge is 2.28. The van der Waals surface area contributed by atoms with Gasteiger partial charge in [0.15, 0.2) is 0 Å². The standard InChI is InChI=1S/C24H25FN4O/c25-19-4-6-21(7-5-19)30-13-10-20-15-23(28-27-20)24-2-1-12-29(24)16-17-3-8-22-18(14-17)9-11-26-22/h3-9,11,14-15,24,26H,1-2,10,12-13,16H2,(H,27,28).